The zero-order valence-corrected chi connectivity index (χ0v) is 8.60. The average molecular weight is 203 g/mol. The highest BCUT2D eigenvalue weighted by Gasteiger charge is 2.10. The van der Waals surface area contributed by atoms with Crippen molar-refractivity contribution in [1.82, 2.24) is 0 Å². The van der Waals surface area contributed by atoms with E-state index in [2.05, 4.69) is 6.07 Å². The summed E-state index contributed by atoms with van der Waals surface area (Å²) >= 11 is 0. The molecular formula is C11H13N3O. The number of hydrogen-bond donors (Lipinski definition) is 1. The van der Waals surface area contributed by atoms with Gasteiger partial charge in [-0.15, -0.1) is 0 Å². The van der Waals surface area contributed by atoms with Gasteiger partial charge >= 0.3 is 0 Å². The van der Waals surface area contributed by atoms with Gasteiger partial charge < -0.3 is 10.6 Å². The predicted octanol–water partition coefficient (Wildman–Crippen LogP) is 0.870. The van der Waals surface area contributed by atoms with E-state index in [-0.39, 0.29) is 6.54 Å². The van der Waals surface area contributed by atoms with E-state index in [0.29, 0.717) is 12.1 Å². The molecule has 0 unspecified atom stereocenters. The molecular weight excluding hydrogens is 190 g/mol. The van der Waals surface area contributed by atoms with E-state index < -0.39 is 5.91 Å². The van der Waals surface area contributed by atoms with Gasteiger partial charge in [0.05, 0.1) is 17.8 Å². The van der Waals surface area contributed by atoms with Gasteiger partial charge in [-0.05, 0) is 19.1 Å². The van der Waals surface area contributed by atoms with Crippen molar-refractivity contribution in [3.05, 3.63) is 29.8 Å². The molecule has 2 N–H and O–H groups in total. The molecule has 0 aliphatic carbocycles. The topological polar surface area (TPSA) is 70.1 Å². The summed E-state index contributed by atoms with van der Waals surface area (Å²) in [6.45, 7) is 2.69. The second-order valence-electron chi connectivity index (χ2n) is 3.11. The number of amides is 1. The maximum absolute atomic E-state index is 10.8. The van der Waals surface area contributed by atoms with Gasteiger partial charge in [-0.2, -0.15) is 5.26 Å². The molecule has 0 saturated carbocycles. The van der Waals surface area contributed by atoms with Gasteiger partial charge in [-0.1, -0.05) is 12.1 Å². The number of primary amides is 1. The normalized spacial score (nSPS) is 9.33. The summed E-state index contributed by atoms with van der Waals surface area (Å²) in [5.41, 5.74) is 6.44. The van der Waals surface area contributed by atoms with Gasteiger partial charge in [0.2, 0.25) is 5.91 Å². The lowest BCUT2D eigenvalue weighted by molar-refractivity contribution is -0.116. The number of nitriles is 1. The molecule has 1 aromatic rings. The van der Waals surface area contributed by atoms with E-state index in [9.17, 15) is 4.79 Å². The van der Waals surface area contributed by atoms with Crippen LogP contribution in [0, 0.1) is 11.3 Å². The second kappa shape index (κ2) is 5.01. The molecule has 1 aromatic carbocycles. The molecule has 0 spiro atoms. The van der Waals surface area contributed by atoms with Gasteiger partial charge in [0.15, 0.2) is 0 Å². The molecule has 78 valence electrons. The molecule has 0 aliphatic heterocycles. The Kier molecular flexibility index (Phi) is 3.69. The van der Waals surface area contributed by atoms with Crippen molar-refractivity contribution in [2.75, 3.05) is 18.0 Å². The van der Waals surface area contributed by atoms with Crippen LogP contribution in [0.25, 0.3) is 0 Å². The van der Waals surface area contributed by atoms with Crippen LogP contribution >= 0.6 is 0 Å². The summed E-state index contributed by atoms with van der Waals surface area (Å²) in [5, 5.41) is 8.90. The number of nitrogens with zero attached hydrogens (tertiary/aromatic N) is 2. The molecule has 0 heterocycles. The largest absolute Gasteiger partial charge is 0.368 e. The number of anilines is 1. The Morgan fingerprint density at radius 1 is 1.53 bits per heavy atom. The van der Waals surface area contributed by atoms with Crippen molar-refractivity contribution in [2.24, 2.45) is 5.73 Å². The van der Waals surface area contributed by atoms with E-state index in [0.717, 1.165) is 5.69 Å². The number of carbonyl (C=O) groups excluding carboxylic acids is 1. The van der Waals surface area contributed by atoms with Crippen molar-refractivity contribution >= 4 is 11.6 Å². The van der Waals surface area contributed by atoms with E-state index in [1.165, 1.54) is 0 Å². The van der Waals surface area contributed by atoms with Gasteiger partial charge in [-0.25, -0.2) is 0 Å². The molecule has 4 nitrogen and oxygen atoms in total. The van der Waals surface area contributed by atoms with E-state index in [1.807, 2.05) is 19.1 Å². The fraction of sp³-hybridized carbons (Fsp3) is 0.273. The number of benzene rings is 1. The maximum atomic E-state index is 10.8. The van der Waals surface area contributed by atoms with E-state index in [4.69, 9.17) is 11.0 Å². The monoisotopic (exact) mass is 203 g/mol. The van der Waals surface area contributed by atoms with Crippen LogP contribution in [0.1, 0.15) is 12.5 Å². The molecule has 0 atom stereocenters. The number of carbonyl (C=O) groups is 1. The highest BCUT2D eigenvalue weighted by atomic mass is 16.1. The first-order chi connectivity index (χ1) is 7.19. The Morgan fingerprint density at radius 3 is 2.73 bits per heavy atom. The highest BCUT2D eigenvalue weighted by molar-refractivity contribution is 5.80. The SMILES string of the molecule is CCN(CC(N)=O)c1ccccc1C#N. The summed E-state index contributed by atoms with van der Waals surface area (Å²) in [6.07, 6.45) is 0. The Morgan fingerprint density at radius 2 is 2.20 bits per heavy atom. The van der Waals surface area contributed by atoms with Gasteiger partial charge in [0.1, 0.15) is 6.07 Å². The lowest BCUT2D eigenvalue weighted by Crippen LogP contribution is -2.34. The van der Waals surface area contributed by atoms with Gasteiger partial charge in [0.25, 0.3) is 0 Å². The van der Waals surface area contributed by atoms with E-state index in [1.54, 1.807) is 17.0 Å². The minimum atomic E-state index is -0.399. The van der Waals surface area contributed by atoms with Crippen LogP contribution in [0.15, 0.2) is 24.3 Å². The summed E-state index contributed by atoms with van der Waals surface area (Å²) in [4.78, 5) is 12.6. The maximum Gasteiger partial charge on any atom is 0.236 e. The molecule has 0 fully saturated rings. The number of likely N-dealkylation sites (N-methyl/N-ethyl adjacent to an activating group) is 1. The van der Waals surface area contributed by atoms with Crippen molar-refractivity contribution in [3.8, 4) is 6.07 Å². The third kappa shape index (κ3) is 2.71. The molecule has 0 aromatic heterocycles. The molecule has 0 aliphatic rings. The zero-order chi connectivity index (χ0) is 11.3. The Bertz CT molecular complexity index is 395. The average Bonchev–Trinajstić information content (AvgIpc) is 2.25. The van der Waals surface area contributed by atoms with Crippen LogP contribution in [0.2, 0.25) is 0 Å². The van der Waals surface area contributed by atoms with Crippen molar-refractivity contribution in [2.45, 2.75) is 6.92 Å². The first-order valence-electron chi connectivity index (χ1n) is 4.71. The lowest BCUT2D eigenvalue weighted by Gasteiger charge is -2.22. The summed E-state index contributed by atoms with van der Waals surface area (Å²) < 4.78 is 0. The Labute approximate surface area is 88.9 Å². The minimum absolute atomic E-state index is 0.134. The van der Waals surface area contributed by atoms with Gasteiger partial charge in [0, 0.05) is 6.54 Å². The summed E-state index contributed by atoms with van der Waals surface area (Å²) in [7, 11) is 0. The molecule has 0 radical (unpaired) electrons. The molecule has 1 amide bonds. The van der Waals surface area contributed by atoms with Crippen LogP contribution < -0.4 is 10.6 Å². The molecule has 0 saturated heterocycles. The van der Waals surface area contributed by atoms with Crippen LogP contribution in [0.3, 0.4) is 0 Å². The Hall–Kier alpha value is -2.02. The number of nitrogens with two attached hydrogens (primary N) is 1. The van der Waals surface area contributed by atoms with Crippen LogP contribution in [0.5, 0.6) is 0 Å². The molecule has 0 bridgehead atoms. The van der Waals surface area contributed by atoms with E-state index >= 15 is 0 Å². The molecule has 4 heteroatoms. The first-order valence-corrected chi connectivity index (χ1v) is 4.71. The van der Waals surface area contributed by atoms with Crippen molar-refractivity contribution in [3.63, 3.8) is 0 Å². The number of rotatable bonds is 4. The first kappa shape index (κ1) is 11.1. The lowest BCUT2D eigenvalue weighted by atomic mass is 10.1. The quantitative estimate of drug-likeness (QED) is 0.789. The van der Waals surface area contributed by atoms with Crippen LogP contribution in [-0.2, 0) is 4.79 Å². The fourth-order valence-electron chi connectivity index (χ4n) is 1.40. The molecule has 1 rings (SSSR count). The minimum Gasteiger partial charge on any atom is -0.368 e. The third-order valence-electron chi connectivity index (χ3n) is 2.09. The summed E-state index contributed by atoms with van der Waals surface area (Å²) in [5.74, 6) is -0.399. The number of para-hydroxylation sites is 1. The standard InChI is InChI=1S/C11H13N3O/c1-2-14(8-11(13)15)10-6-4-3-5-9(10)7-12/h3-6H,2,8H2,1H3,(H2,13,15). The zero-order valence-electron chi connectivity index (χ0n) is 8.60. The predicted molar refractivity (Wildman–Crippen MR) is 58.2 cm³/mol. The smallest absolute Gasteiger partial charge is 0.236 e. The van der Waals surface area contributed by atoms with Crippen LogP contribution in [0.4, 0.5) is 5.69 Å². The molecule has 15 heavy (non-hydrogen) atoms. The Balaban J connectivity index is 3.01. The fourth-order valence-corrected chi connectivity index (χ4v) is 1.40. The highest BCUT2D eigenvalue weighted by Crippen LogP contribution is 2.18. The third-order valence-corrected chi connectivity index (χ3v) is 2.09. The van der Waals surface area contributed by atoms with Crippen molar-refractivity contribution < 1.29 is 4.79 Å². The van der Waals surface area contributed by atoms with Gasteiger partial charge in [-0.3, -0.25) is 4.79 Å². The summed E-state index contributed by atoms with van der Waals surface area (Å²) in [6, 6.07) is 9.25. The van der Waals surface area contributed by atoms with Crippen LogP contribution in [-0.4, -0.2) is 19.0 Å². The van der Waals surface area contributed by atoms with Crippen molar-refractivity contribution in [1.29, 1.82) is 5.26 Å². The second-order valence-corrected chi connectivity index (χ2v) is 3.11. The number of hydrogen-bond acceptors (Lipinski definition) is 3.